The minimum Gasteiger partial charge on any atom is -0.501 e. The number of pyridine rings is 1. The van der Waals surface area contributed by atoms with Crippen LogP contribution >= 0.6 is 11.8 Å². The van der Waals surface area contributed by atoms with Gasteiger partial charge in [-0.05, 0) is 18.6 Å². The van der Waals surface area contributed by atoms with Crippen LogP contribution in [-0.4, -0.2) is 47.6 Å². The van der Waals surface area contributed by atoms with Crippen molar-refractivity contribution in [2.24, 2.45) is 10.7 Å². The number of thioether (sulfide) groups is 1. The van der Waals surface area contributed by atoms with E-state index >= 15 is 0 Å². The number of rotatable bonds is 6. The van der Waals surface area contributed by atoms with Crippen molar-refractivity contribution in [2.75, 3.05) is 19.5 Å². The monoisotopic (exact) mass is 403 g/mol. The molecule has 148 valence electrons. The number of allylic oxidation sites excluding steroid dienone is 3. The quantitative estimate of drug-likeness (QED) is 0.650. The second kappa shape index (κ2) is 8.79. The highest BCUT2D eigenvalue weighted by Gasteiger charge is 2.36. The topological polar surface area (TPSA) is 128 Å². The molecule has 0 saturated carbocycles. The molecule has 28 heavy (non-hydrogen) atoms. The molecule has 1 aromatic heterocycles. The number of carbonyl (C=O) groups excluding carboxylic acids is 2. The summed E-state index contributed by atoms with van der Waals surface area (Å²) >= 11 is 1.23. The third-order valence-electron chi connectivity index (χ3n) is 4.21. The Balaban J connectivity index is 1.67. The highest BCUT2D eigenvalue weighted by Crippen LogP contribution is 2.28. The standard InChI is InChI=1S/C18H21N5O4S/c1-26-12-5-3-10(4-6-12)16(25)23-17-14(15(19)24)22-18(28-17)21-11-7-8-20-13(9-11)27-2/h3,5,7-9,14,17H,4,6H2,1-2H3,(H2,19,24)(H,23,25)(H,20,21,22). The number of carbonyl (C=O) groups is 2. The second-order valence-electron chi connectivity index (χ2n) is 6.03. The van der Waals surface area contributed by atoms with E-state index in [-0.39, 0.29) is 5.91 Å². The predicted octanol–water partition coefficient (Wildman–Crippen LogP) is 1.15. The van der Waals surface area contributed by atoms with Crippen molar-refractivity contribution in [3.8, 4) is 5.88 Å². The Labute approximate surface area is 166 Å². The summed E-state index contributed by atoms with van der Waals surface area (Å²) < 4.78 is 10.3. The molecule has 3 rings (SSSR count). The van der Waals surface area contributed by atoms with E-state index in [2.05, 4.69) is 20.6 Å². The smallest absolute Gasteiger partial charge is 0.248 e. The maximum atomic E-state index is 12.6. The summed E-state index contributed by atoms with van der Waals surface area (Å²) in [6, 6.07) is 2.57. The summed E-state index contributed by atoms with van der Waals surface area (Å²) in [4.78, 5) is 32.7. The summed E-state index contributed by atoms with van der Waals surface area (Å²) in [7, 11) is 3.12. The van der Waals surface area contributed by atoms with Crippen molar-refractivity contribution >= 4 is 34.4 Å². The molecule has 0 spiro atoms. The number of primary amides is 1. The zero-order valence-electron chi connectivity index (χ0n) is 15.5. The van der Waals surface area contributed by atoms with Crippen LogP contribution in [0.3, 0.4) is 0 Å². The van der Waals surface area contributed by atoms with E-state index in [1.807, 2.05) is 0 Å². The van der Waals surface area contributed by atoms with Crippen molar-refractivity contribution in [3.05, 3.63) is 41.8 Å². The number of aromatic nitrogens is 1. The zero-order valence-corrected chi connectivity index (χ0v) is 16.3. The summed E-state index contributed by atoms with van der Waals surface area (Å²) in [6.45, 7) is 0. The van der Waals surface area contributed by atoms with Gasteiger partial charge in [-0.3, -0.25) is 9.59 Å². The predicted molar refractivity (Wildman–Crippen MR) is 107 cm³/mol. The van der Waals surface area contributed by atoms with Gasteiger partial charge in [0.1, 0.15) is 5.37 Å². The van der Waals surface area contributed by atoms with Gasteiger partial charge in [0.25, 0.3) is 0 Å². The Morgan fingerprint density at radius 3 is 2.71 bits per heavy atom. The molecule has 2 heterocycles. The Kier molecular flexibility index (Phi) is 6.19. The molecule has 2 atom stereocenters. The molecule has 2 unspecified atom stereocenters. The van der Waals surface area contributed by atoms with Crippen LogP contribution in [0.15, 0.2) is 46.8 Å². The molecule has 2 amide bonds. The summed E-state index contributed by atoms with van der Waals surface area (Å²) in [5.41, 5.74) is 6.78. The lowest BCUT2D eigenvalue weighted by molar-refractivity contribution is -0.120. The van der Waals surface area contributed by atoms with E-state index in [4.69, 9.17) is 15.2 Å². The van der Waals surface area contributed by atoms with E-state index in [0.29, 0.717) is 35.1 Å². The summed E-state index contributed by atoms with van der Waals surface area (Å²) in [5.74, 6) is 0.403. The van der Waals surface area contributed by atoms with Gasteiger partial charge < -0.3 is 25.8 Å². The van der Waals surface area contributed by atoms with Gasteiger partial charge in [-0.1, -0.05) is 17.8 Å². The molecule has 9 nitrogen and oxygen atoms in total. The molecular weight excluding hydrogens is 382 g/mol. The van der Waals surface area contributed by atoms with E-state index in [1.54, 1.807) is 37.6 Å². The van der Waals surface area contributed by atoms with Gasteiger partial charge in [0.2, 0.25) is 17.7 Å². The average molecular weight is 403 g/mol. The number of hydrogen-bond donors (Lipinski definition) is 3. The summed E-state index contributed by atoms with van der Waals surface area (Å²) in [6.07, 6.45) is 6.29. The Morgan fingerprint density at radius 1 is 1.25 bits per heavy atom. The van der Waals surface area contributed by atoms with Crippen LogP contribution in [0.25, 0.3) is 0 Å². The van der Waals surface area contributed by atoms with Gasteiger partial charge >= 0.3 is 0 Å². The van der Waals surface area contributed by atoms with Crippen LogP contribution in [0.1, 0.15) is 12.8 Å². The lowest BCUT2D eigenvalue weighted by Gasteiger charge is -2.19. The highest BCUT2D eigenvalue weighted by atomic mass is 32.2. The number of ether oxygens (including phenoxy) is 2. The number of amidine groups is 1. The minimum atomic E-state index is -0.866. The first kappa shape index (κ1) is 19.7. The molecule has 1 aliphatic heterocycles. The lowest BCUT2D eigenvalue weighted by Crippen LogP contribution is -2.45. The molecule has 0 aromatic carbocycles. The van der Waals surface area contributed by atoms with Crippen molar-refractivity contribution in [1.29, 1.82) is 0 Å². The molecule has 1 aromatic rings. The Hall–Kier alpha value is -3.01. The molecule has 0 bridgehead atoms. The van der Waals surface area contributed by atoms with Gasteiger partial charge in [-0.2, -0.15) is 0 Å². The fourth-order valence-electron chi connectivity index (χ4n) is 2.71. The van der Waals surface area contributed by atoms with Crippen molar-refractivity contribution in [1.82, 2.24) is 10.3 Å². The molecule has 0 fully saturated rings. The number of amides is 2. The molecule has 10 heteroatoms. The van der Waals surface area contributed by atoms with Crippen LogP contribution < -0.4 is 21.1 Å². The van der Waals surface area contributed by atoms with Crippen LogP contribution in [0.5, 0.6) is 5.88 Å². The third kappa shape index (κ3) is 4.63. The van der Waals surface area contributed by atoms with Crippen LogP contribution in [0.2, 0.25) is 0 Å². The number of anilines is 1. The Bertz CT molecular complexity index is 867. The van der Waals surface area contributed by atoms with Crippen molar-refractivity contribution in [3.63, 3.8) is 0 Å². The number of aliphatic imine (C=N–C) groups is 1. The maximum Gasteiger partial charge on any atom is 0.248 e. The van der Waals surface area contributed by atoms with Gasteiger partial charge in [0, 0.05) is 29.9 Å². The fraction of sp³-hybridized carbons (Fsp3) is 0.333. The Morgan fingerprint density at radius 2 is 2.07 bits per heavy atom. The van der Waals surface area contributed by atoms with Gasteiger partial charge in [-0.15, -0.1) is 0 Å². The zero-order chi connectivity index (χ0) is 20.1. The first-order valence-electron chi connectivity index (χ1n) is 8.55. The largest absolute Gasteiger partial charge is 0.501 e. The highest BCUT2D eigenvalue weighted by molar-refractivity contribution is 8.15. The SMILES string of the molecule is COC1=CC=C(C(=O)NC2SC(Nc3ccnc(OC)c3)=NC2C(N)=O)CC1. The molecule has 2 aliphatic rings. The van der Waals surface area contributed by atoms with Gasteiger partial charge in [-0.25, -0.2) is 9.98 Å². The first-order chi connectivity index (χ1) is 13.5. The van der Waals surface area contributed by atoms with Crippen LogP contribution in [-0.2, 0) is 14.3 Å². The van der Waals surface area contributed by atoms with E-state index < -0.39 is 17.3 Å². The third-order valence-corrected chi connectivity index (χ3v) is 5.27. The number of nitrogens with one attached hydrogen (secondary N) is 2. The first-order valence-corrected chi connectivity index (χ1v) is 9.43. The lowest BCUT2D eigenvalue weighted by atomic mass is 10.0. The van der Waals surface area contributed by atoms with Gasteiger partial charge in [0.15, 0.2) is 11.2 Å². The minimum absolute atomic E-state index is 0.253. The second-order valence-corrected chi connectivity index (χ2v) is 7.16. The van der Waals surface area contributed by atoms with E-state index in [1.165, 1.54) is 18.9 Å². The summed E-state index contributed by atoms with van der Waals surface area (Å²) in [5, 5.41) is 5.82. The van der Waals surface area contributed by atoms with Crippen molar-refractivity contribution in [2.45, 2.75) is 24.3 Å². The molecular formula is C18H21N5O4S. The fourth-order valence-corrected chi connectivity index (χ4v) is 3.80. The van der Waals surface area contributed by atoms with E-state index in [9.17, 15) is 9.59 Å². The number of methoxy groups -OCH3 is 2. The molecule has 0 saturated heterocycles. The molecule has 1 aliphatic carbocycles. The molecule has 0 radical (unpaired) electrons. The maximum absolute atomic E-state index is 12.6. The number of nitrogens with two attached hydrogens (primary N) is 1. The van der Waals surface area contributed by atoms with E-state index in [0.717, 1.165) is 5.76 Å². The average Bonchev–Trinajstić information content (AvgIpc) is 3.10. The van der Waals surface area contributed by atoms with Gasteiger partial charge in [0.05, 0.1) is 20.0 Å². The van der Waals surface area contributed by atoms with Crippen LogP contribution in [0, 0.1) is 0 Å². The number of hydrogen-bond acceptors (Lipinski definition) is 8. The number of nitrogens with zero attached hydrogens (tertiary/aromatic N) is 2. The molecule has 4 N–H and O–H groups in total. The normalized spacial score (nSPS) is 21.1. The van der Waals surface area contributed by atoms with Crippen LogP contribution in [0.4, 0.5) is 5.69 Å². The van der Waals surface area contributed by atoms with Crippen molar-refractivity contribution < 1.29 is 19.1 Å².